The third kappa shape index (κ3) is 3.16. The highest BCUT2D eigenvalue weighted by Gasteiger charge is 2.50. The summed E-state index contributed by atoms with van der Waals surface area (Å²) in [7, 11) is -3.35. The summed E-state index contributed by atoms with van der Waals surface area (Å²) < 4.78 is 27.8. The Kier molecular flexibility index (Phi) is 4.60. The fraction of sp³-hybridized carbons (Fsp3) is 0.727. The number of piperazine rings is 1. The fourth-order valence-corrected chi connectivity index (χ4v) is 8.20. The van der Waals surface area contributed by atoms with E-state index in [2.05, 4.69) is 11.8 Å². The lowest BCUT2D eigenvalue weighted by Gasteiger charge is -2.58. The highest BCUT2D eigenvalue weighted by Crippen LogP contribution is 2.55. The van der Waals surface area contributed by atoms with Gasteiger partial charge in [0.1, 0.15) is 0 Å². The van der Waals surface area contributed by atoms with Gasteiger partial charge in [-0.1, -0.05) is 19.1 Å². The second-order valence-corrected chi connectivity index (χ2v) is 11.3. The van der Waals surface area contributed by atoms with Gasteiger partial charge in [0.05, 0.1) is 4.90 Å². The van der Waals surface area contributed by atoms with Crippen LogP contribution in [-0.2, 0) is 16.4 Å². The molecule has 4 nitrogen and oxygen atoms in total. The van der Waals surface area contributed by atoms with Gasteiger partial charge in [-0.25, -0.2) is 8.42 Å². The van der Waals surface area contributed by atoms with Crippen molar-refractivity contribution in [2.24, 2.45) is 23.7 Å². The van der Waals surface area contributed by atoms with E-state index in [1.807, 2.05) is 12.1 Å². The molecule has 4 bridgehead atoms. The van der Waals surface area contributed by atoms with Crippen molar-refractivity contribution in [2.45, 2.75) is 56.4 Å². The minimum absolute atomic E-state index is 0.447. The second-order valence-electron chi connectivity index (χ2n) is 9.36. The minimum Gasteiger partial charge on any atom is -0.297 e. The normalized spacial score (nSPS) is 37.0. The molecule has 1 saturated heterocycles. The quantitative estimate of drug-likeness (QED) is 0.794. The maximum atomic E-state index is 13.0. The van der Waals surface area contributed by atoms with E-state index in [1.54, 1.807) is 16.4 Å². The molecule has 6 rings (SSSR count). The van der Waals surface area contributed by atoms with Crippen molar-refractivity contribution >= 4 is 10.0 Å². The highest BCUT2D eigenvalue weighted by molar-refractivity contribution is 7.89. The molecule has 1 heterocycles. The van der Waals surface area contributed by atoms with Gasteiger partial charge in [-0.3, -0.25) is 4.90 Å². The first kappa shape index (κ1) is 18.1. The summed E-state index contributed by atoms with van der Waals surface area (Å²) in [6, 6.07) is 8.16. The van der Waals surface area contributed by atoms with Crippen molar-refractivity contribution in [1.29, 1.82) is 0 Å². The Morgan fingerprint density at radius 2 is 1.41 bits per heavy atom. The van der Waals surface area contributed by atoms with E-state index in [4.69, 9.17) is 0 Å². The Morgan fingerprint density at radius 1 is 0.852 bits per heavy atom. The number of hydrogen-bond donors (Lipinski definition) is 0. The largest absolute Gasteiger partial charge is 0.297 e. The van der Waals surface area contributed by atoms with E-state index in [-0.39, 0.29) is 0 Å². The van der Waals surface area contributed by atoms with E-state index in [9.17, 15) is 8.42 Å². The van der Waals surface area contributed by atoms with Crippen molar-refractivity contribution in [3.63, 3.8) is 0 Å². The Labute approximate surface area is 164 Å². The standard InChI is InChI=1S/C22H32N2O2S/c1-2-16-3-5-21(6-4-16)27(25,26)24-9-7-23(8-10-24)22-19-12-17-11-18(14-19)15-20(22)13-17/h3-6,17-20,22H,2,7-15H2,1H3. The summed E-state index contributed by atoms with van der Waals surface area (Å²) in [6.07, 6.45) is 8.15. The highest BCUT2D eigenvalue weighted by atomic mass is 32.2. The monoisotopic (exact) mass is 388 g/mol. The van der Waals surface area contributed by atoms with Crippen LogP contribution in [0, 0.1) is 23.7 Å². The van der Waals surface area contributed by atoms with E-state index in [1.165, 1.54) is 37.7 Å². The molecular formula is C22H32N2O2S. The van der Waals surface area contributed by atoms with Gasteiger partial charge in [-0.15, -0.1) is 0 Å². The molecule has 5 aliphatic rings. The number of sulfonamides is 1. The first-order valence-electron chi connectivity index (χ1n) is 10.9. The van der Waals surface area contributed by atoms with Crippen LogP contribution in [0.15, 0.2) is 29.2 Å². The van der Waals surface area contributed by atoms with E-state index >= 15 is 0 Å². The summed E-state index contributed by atoms with van der Waals surface area (Å²) in [5.41, 5.74) is 1.18. The number of hydrogen-bond acceptors (Lipinski definition) is 3. The summed E-state index contributed by atoms with van der Waals surface area (Å²) in [5, 5.41) is 0. The molecule has 1 aromatic carbocycles. The molecule has 0 aromatic heterocycles. The molecular weight excluding hydrogens is 356 g/mol. The number of nitrogens with zero attached hydrogens (tertiary/aromatic N) is 2. The first-order chi connectivity index (χ1) is 13.0. The predicted molar refractivity (Wildman–Crippen MR) is 107 cm³/mol. The zero-order valence-corrected chi connectivity index (χ0v) is 17.2. The van der Waals surface area contributed by atoms with Crippen molar-refractivity contribution in [3.05, 3.63) is 29.8 Å². The predicted octanol–water partition coefficient (Wildman–Crippen LogP) is 3.38. The summed E-state index contributed by atoms with van der Waals surface area (Å²) in [4.78, 5) is 3.10. The van der Waals surface area contributed by atoms with E-state index < -0.39 is 10.0 Å². The SMILES string of the molecule is CCc1ccc(S(=O)(=O)N2CCN(C3C4CC5CC(C4)CC3C5)CC2)cc1. The van der Waals surface area contributed by atoms with Gasteiger partial charge < -0.3 is 0 Å². The average Bonchev–Trinajstić information content (AvgIpc) is 2.67. The van der Waals surface area contributed by atoms with Crippen molar-refractivity contribution in [2.75, 3.05) is 26.2 Å². The molecule has 148 valence electrons. The summed E-state index contributed by atoms with van der Waals surface area (Å²) in [6.45, 7) is 5.17. The molecule has 27 heavy (non-hydrogen) atoms. The topological polar surface area (TPSA) is 40.6 Å². The van der Waals surface area contributed by atoms with Gasteiger partial charge in [0, 0.05) is 32.2 Å². The van der Waals surface area contributed by atoms with Crippen molar-refractivity contribution in [1.82, 2.24) is 9.21 Å². The molecule has 1 aromatic rings. The van der Waals surface area contributed by atoms with Crippen LogP contribution in [0.2, 0.25) is 0 Å². The number of aryl methyl sites for hydroxylation is 1. The van der Waals surface area contributed by atoms with Gasteiger partial charge in [0.15, 0.2) is 0 Å². The van der Waals surface area contributed by atoms with Crippen molar-refractivity contribution < 1.29 is 8.42 Å². The molecule has 4 aliphatic carbocycles. The molecule has 0 amide bonds. The smallest absolute Gasteiger partial charge is 0.243 e. The number of benzene rings is 1. The van der Waals surface area contributed by atoms with Crippen LogP contribution in [0.25, 0.3) is 0 Å². The van der Waals surface area contributed by atoms with Gasteiger partial charge in [-0.05, 0) is 79.9 Å². The molecule has 4 saturated carbocycles. The van der Waals surface area contributed by atoms with Gasteiger partial charge in [-0.2, -0.15) is 4.31 Å². The number of rotatable bonds is 4. The average molecular weight is 389 g/mol. The second kappa shape index (κ2) is 6.85. The molecule has 5 fully saturated rings. The zero-order valence-electron chi connectivity index (χ0n) is 16.4. The summed E-state index contributed by atoms with van der Waals surface area (Å²) >= 11 is 0. The van der Waals surface area contributed by atoms with Crippen LogP contribution in [0.3, 0.4) is 0 Å². The maximum Gasteiger partial charge on any atom is 0.243 e. The lowest BCUT2D eigenvalue weighted by atomic mass is 9.54. The maximum absolute atomic E-state index is 13.0. The lowest BCUT2D eigenvalue weighted by Crippen LogP contribution is -2.60. The van der Waals surface area contributed by atoms with Crippen LogP contribution >= 0.6 is 0 Å². The molecule has 0 N–H and O–H groups in total. The molecule has 0 atom stereocenters. The molecule has 1 aliphatic heterocycles. The van der Waals surface area contributed by atoms with Crippen LogP contribution in [-0.4, -0.2) is 49.8 Å². The molecule has 0 unspecified atom stereocenters. The summed E-state index contributed by atoms with van der Waals surface area (Å²) in [5.74, 6) is 3.75. The molecule has 0 spiro atoms. The third-order valence-corrected chi connectivity index (χ3v) is 9.75. The Morgan fingerprint density at radius 3 is 1.93 bits per heavy atom. The Bertz CT molecular complexity index is 753. The minimum atomic E-state index is -3.35. The molecule has 5 heteroatoms. The van der Waals surface area contributed by atoms with Crippen LogP contribution < -0.4 is 0 Å². The van der Waals surface area contributed by atoms with Gasteiger partial charge in [0.25, 0.3) is 0 Å². The lowest BCUT2D eigenvalue weighted by molar-refractivity contribution is -0.0720. The first-order valence-corrected chi connectivity index (χ1v) is 12.3. The fourth-order valence-electron chi connectivity index (χ4n) is 6.78. The Balaban J connectivity index is 1.26. The van der Waals surface area contributed by atoms with E-state index in [0.29, 0.717) is 18.0 Å². The van der Waals surface area contributed by atoms with Crippen LogP contribution in [0.1, 0.15) is 44.6 Å². The Hall–Kier alpha value is -0.910. The molecule has 0 radical (unpaired) electrons. The third-order valence-electron chi connectivity index (χ3n) is 7.84. The van der Waals surface area contributed by atoms with Crippen molar-refractivity contribution in [3.8, 4) is 0 Å². The van der Waals surface area contributed by atoms with Gasteiger partial charge in [0.2, 0.25) is 10.0 Å². The van der Waals surface area contributed by atoms with Gasteiger partial charge >= 0.3 is 0 Å². The van der Waals surface area contributed by atoms with E-state index in [0.717, 1.165) is 49.2 Å². The van der Waals surface area contributed by atoms with Crippen LogP contribution in [0.5, 0.6) is 0 Å². The van der Waals surface area contributed by atoms with Crippen LogP contribution in [0.4, 0.5) is 0 Å². The zero-order chi connectivity index (χ0) is 18.6.